The summed E-state index contributed by atoms with van der Waals surface area (Å²) in [6.07, 6.45) is 7.39. The molecule has 2 heterocycles. The molecular weight excluding hydrogens is 202 g/mol. The Hall–Kier alpha value is -1.62. The molecule has 2 rings (SSSR count). The first-order chi connectivity index (χ1) is 7.68. The molecule has 0 amide bonds. The summed E-state index contributed by atoms with van der Waals surface area (Å²) in [7, 11) is 0. The van der Waals surface area contributed by atoms with Crippen LogP contribution in [0.2, 0.25) is 0 Å². The number of nitrogens with zero attached hydrogens (tertiary/aromatic N) is 4. The van der Waals surface area contributed by atoms with Crippen LogP contribution < -0.4 is 5.73 Å². The van der Waals surface area contributed by atoms with Crippen LogP contribution >= 0.6 is 0 Å². The molecule has 2 atom stereocenters. The summed E-state index contributed by atoms with van der Waals surface area (Å²) >= 11 is 0. The fourth-order valence-electron chi connectivity index (χ4n) is 1.80. The van der Waals surface area contributed by atoms with E-state index in [4.69, 9.17) is 5.73 Å². The highest BCUT2D eigenvalue weighted by atomic mass is 15.3. The summed E-state index contributed by atoms with van der Waals surface area (Å²) in [5.74, 6) is 0. The maximum Gasteiger partial charge on any atom is 0.0951 e. The van der Waals surface area contributed by atoms with Crippen LogP contribution in [0.3, 0.4) is 0 Å². The van der Waals surface area contributed by atoms with Gasteiger partial charge in [-0.15, -0.1) is 0 Å². The zero-order chi connectivity index (χ0) is 11.5. The number of hydrogen-bond donors (Lipinski definition) is 1. The van der Waals surface area contributed by atoms with E-state index in [2.05, 4.69) is 21.6 Å². The molecule has 0 radical (unpaired) electrons. The summed E-state index contributed by atoms with van der Waals surface area (Å²) in [5, 5.41) is 4.19. The summed E-state index contributed by atoms with van der Waals surface area (Å²) < 4.78 is 4.02. The van der Waals surface area contributed by atoms with Crippen molar-refractivity contribution in [2.45, 2.75) is 32.5 Å². The van der Waals surface area contributed by atoms with E-state index in [-0.39, 0.29) is 6.04 Å². The van der Waals surface area contributed by atoms with Crippen molar-refractivity contribution in [1.29, 1.82) is 0 Å². The van der Waals surface area contributed by atoms with Crippen molar-refractivity contribution in [1.82, 2.24) is 19.3 Å². The maximum atomic E-state index is 5.89. The van der Waals surface area contributed by atoms with Gasteiger partial charge in [0.1, 0.15) is 0 Å². The van der Waals surface area contributed by atoms with Gasteiger partial charge in [-0.1, -0.05) is 0 Å². The van der Waals surface area contributed by atoms with Gasteiger partial charge in [0, 0.05) is 24.6 Å². The fourth-order valence-corrected chi connectivity index (χ4v) is 1.80. The molecule has 0 fully saturated rings. The van der Waals surface area contributed by atoms with Crippen molar-refractivity contribution in [2.75, 3.05) is 0 Å². The van der Waals surface area contributed by atoms with Gasteiger partial charge in [0.25, 0.3) is 0 Å². The largest absolute Gasteiger partial charge is 0.328 e. The number of nitrogens with two attached hydrogens (primary N) is 1. The quantitative estimate of drug-likeness (QED) is 0.844. The first-order valence-corrected chi connectivity index (χ1v) is 5.43. The molecule has 16 heavy (non-hydrogen) atoms. The zero-order valence-electron chi connectivity index (χ0n) is 9.61. The van der Waals surface area contributed by atoms with Gasteiger partial charge in [-0.2, -0.15) is 5.10 Å². The molecule has 0 aliphatic rings. The molecule has 0 saturated heterocycles. The molecule has 0 saturated carbocycles. The Morgan fingerprint density at radius 2 is 2.25 bits per heavy atom. The predicted molar refractivity (Wildman–Crippen MR) is 61.8 cm³/mol. The average Bonchev–Trinajstić information content (AvgIpc) is 2.86. The number of imidazole rings is 1. The van der Waals surface area contributed by atoms with Crippen molar-refractivity contribution >= 4 is 0 Å². The lowest BCUT2D eigenvalue weighted by atomic mass is 10.2. The summed E-state index contributed by atoms with van der Waals surface area (Å²) in [6.45, 7) is 4.92. The molecule has 0 aliphatic heterocycles. The Morgan fingerprint density at radius 1 is 1.44 bits per heavy atom. The van der Waals surface area contributed by atoms with Crippen LogP contribution in [0.4, 0.5) is 0 Å². The van der Waals surface area contributed by atoms with Crippen molar-refractivity contribution in [3.8, 4) is 0 Å². The second kappa shape index (κ2) is 4.49. The Kier molecular flexibility index (Phi) is 3.05. The SMILES string of the molecule is CC(Cn1cccn1)n1cncc1[C@@H](C)N. The molecule has 86 valence electrons. The van der Waals surface area contributed by atoms with Crippen LogP contribution in [0, 0.1) is 0 Å². The van der Waals surface area contributed by atoms with Gasteiger partial charge in [-0.05, 0) is 19.9 Å². The van der Waals surface area contributed by atoms with Gasteiger partial charge in [0.05, 0.1) is 24.6 Å². The van der Waals surface area contributed by atoms with E-state index in [1.807, 2.05) is 36.4 Å². The number of rotatable bonds is 4. The van der Waals surface area contributed by atoms with Gasteiger partial charge in [0.2, 0.25) is 0 Å². The van der Waals surface area contributed by atoms with Crippen LogP contribution in [0.15, 0.2) is 31.0 Å². The van der Waals surface area contributed by atoms with Gasteiger partial charge < -0.3 is 10.3 Å². The highest BCUT2D eigenvalue weighted by Crippen LogP contribution is 2.16. The number of hydrogen-bond acceptors (Lipinski definition) is 3. The van der Waals surface area contributed by atoms with Gasteiger partial charge in [-0.25, -0.2) is 4.98 Å². The van der Waals surface area contributed by atoms with E-state index in [0.29, 0.717) is 6.04 Å². The normalized spacial score (nSPS) is 14.9. The summed E-state index contributed by atoms with van der Waals surface area (Å²) in [5.41, 5.74) is 6.94. The van der Waals surface area contributed by atoms with Crippen molar-refractivity contribution in [3.05, 3.63) is 36.7 Å². The summed E-state index contributed by atoms with van der Waals surface area (Å²) in [6, 6.07) is 2.22. The van der Waals surface area contributed by atoms with Crippen molar-refractivity contribution < 1.29 is 0 Å². The average molecular weight is 219 g/mol. The second-order valence-electron chi connectivity index (χ2n) is 4.09. The van der Waals surface area contributed by atoms with Crippen molar-refractivity contribution in [2.24, 2.45) is 5.73 Å². The lowest BCUT2D eigenvalue weighted by Gasteiger charge is -2.18. The van der Waals surface area contributed by atoms with Gasteiger partial charge in [-0.3, -0.25) is 4.68 Å². The molecule has 5 nitrogen and oxygen atoms in total. The first-order valence-electron chi connectivity index (χ1n) is 5.43. The van der Waals surface area contributed by atoms with E-state index in [9.17, 15) is 0 Å². The lowest BCUT2D eigenvalue weighted by Crippen LogP contribution is -2.18. The van der Waals surface area contributed by atoms with E-state index in [1.165, 1.54) is 0 Å². The Labute approximate surface area is 94.9 Å². The fraction of sp³-hybridized carbons (Fsp3) is 0.455. The molecular formula is C11H17N5. The molecule has 0 aliphatic carbocycles. The minimum absolute atomic E-state index is 0.00238. The molecule has 0 bridgehead atoms. The Bertz CT molecular complexity index is 429. The van der Waals surface area contributed by atoms with Crippen LogP contribution in [0.1, 0.15) is 31.6 Å². The van der Waals surface area contributed by atoms with Crippen LogP contribution in [-0.2, 0) is 6.54 Å². The van der Waals surface area contributed by atoms with Gasteiger partial charge >= 0.3 is 0 Å². The molecule has 0 spiro atoms. The van der Waals surface area contributed by atoms with Gasteiger partial charge in [0.15, 0.2) is 0 Å². The van der Waals surface area contributed by atoms with Crippen LogP contribution in [0.25, 0.3) is 0 Å². The highest BCUT2D eigenvalue weighted by molar-refractivity contribution is 5.04. The molecule has 2 aromatic rings. The molecule has 2 N–H and O–H groups in total. The minimum Gasteiger partial charge on any atom is -0.328 e. The molecule has 1 unspecified atom stereocenters. The smallest absolute Gasteiger partial charge is 0.0951 e. The molecule has 0 aromatic carbocycles. The van der Waals surface area contributed by atoms with E-state index >= 15 is 0 Å². The maximum absolute atomic E-state index is 5.89. The van der Waals surface area contributed by atoms with E-state index < -0.39 is 0 Å². The van der Waals surface area contributed by atoms with Crippen molar-refractivity contribution in [3.63, 3.8) is 0 Å². The van der Waals surface area contributed by atoms with E-state index in [0.717, 1.165) is 12.2 Å². The summed E-state index contributed by atoms with van der Waals surface area (Å²) in [4.78, 5) is 4.15. The topological polar surface area (TPSA) is 61.7 Å². The molecule has 5 heteroatoms. The van der Waals surface area contributed by atoms with Crippen LogP contribution in [-0.4, -0.2) is 19.3 Å². The zero-order valence-corrected chi connectivity index (χ0v) is 9.61. The minimum atomic E-state index is 0.00238. The molecule has 2 aromatic heterocycles. The van der Waals surface area contributed by atoms with E-state index in [1.54, 1.807) is 6.20 Å². The Morgan fingerprint density at radius 3 is 2.88 bits per heavy atom. The monoisotopic (exact) mass is 219 g/mol. The third kappa shape index (κ3) is 2.14. The second-order valence-corrected chi connectivity index (χ2v) is 4.09. The lowest BCUT2D eigenvalue weighted by molar-refractivity contribution is 0.422. The standard InChI is InChI=1S/C11H17N5/c1-9(7-15-5-3-4-14-15)16-8-13-6-11(16)10(2)12/h3-6,8-10H,7,12H2,1-2H3/t9?,10-/m1/s1. The highest BCUT2D eigenvalue weighted by Gasteiger charge is 2.12. The third-order valence-electron chi connectivity index (χ3n) is 2.65. The van der Waals surface area contributed by atoms with Crippen LogP contribution in [0.5, 0.6) is 0 Å². The number of aromatic nitrogens is 4. The Balaban J connectivity index is 2.14. The first kappa shape index (κ1) is 10.9. The third-order valence-corrected chi connectivity index (χ3v) is 2.65. The predicted octanol–water partition coefficient (Wildman–Crippen LogP) is 1.36.